The largest absolute Gasteiger partial charge is 0.350 e. The molecule has 1 saturated heterocycles. The number of nitrogens with zero attached hydrogens (tertiary/aromatic N) is 5. The number of thiazole rings is 1. The van der Waals surface area contributed by atoms with Crippen molar-refractivity contribution in [2.75, 3.05) is 18.0 Å². The molecular formula is C23H28N6O2S. The van der Waals surface area contributed by atoms with E-state index in [-0.39, 0.29) is 17.5 Å². The Hall–Kier alpha value is -2.78. The van der Waals surface area contributed by atoms with Gasteiger partial charge in [-0.15, -0.1) is 0 Å². The maximum Gasteiger partial charge on any atom is 0.281 e. The highest BCUT2D eigenvalue weighted by molar-refractivity contribution is 7.21. The molecule has 0 spiro atoms. The molecule has 0 unspecified atom stereocenters. The number of fused-ring (bicyclic) bond motifs is 2. The molecule has 4 heterocycles. The van der Waals surface area contributed by atoms with Gasteiger partial charge >= 0.3 is 0 Å². The van der Waals surface area contributed by atoms with Crippen molar-refractivity contribution in [3.8, 4) is 0 Å². The molecule has 0 radical (unpaired) electrons. The van der Waals surface area contributed by atoms with E-state index in [0.717, 1.165) is 37.3 Å². The van der Waals surface area contributed by atoms with Crippen LogP contribution in [-0.2, 0) is 24.4 Å². The molecule has 32 heavy (non-hydrogen) atoms. The van der Waals surface area contributed by atoms with E-state index in [1.165, 1.54) is 11.3 Å². The van der Waals surface area contributed by atoms with Gasteiger partial charge in [-0.3, -0.25) is 19.1 Å². The zero-order chi connectivity index (χ0) is 22.2. The number of amides is 1. The lowest BCUT2D eigenvalue weighted by molar-refractivity contribution is -0.122. The number of rotatable bonds is 5. The van der Waals surface area contributed by atoms with Crippen LogP contribution in [0.3, 0.4) is 0 Å². The molecule has 168 valence electrons. The summed E-state index contributed by atoms with van der Waals surface area (Å²) in [5.74, 6) is 0.804. The molecule has 1 fully saturated rings. The van der Waals surface area contributed by atoms with Crippen LogP contribution in [0, 0.1) is 0 Å². The van der Waals surface area contributed by atoms with Gasteiger partial charge < -0.3 is 10.2 Å². The number of carbonyl (C=O) groups excluding carboxylic acids is 1. The summed E-state index contributed by atoms with van der Waals surface area (Å²) in [4.78, 5) is 40.5. The normalized spacial score (nSPS) is 19.0. The second kappa shape index (κ2) is 8.63. The fraction of sp³-hybridized carbons (Fsp3) is 0.478. The lowest BCUT2D eigenvalue weighted by Crippen LogP contribution is -2.43. The fourth-order valence-electron chi connectivity index (χ4n) is 4.51. The van der Waals surface area contributed by atoms with Crippen molar-refractivity contribution in [3.05, 3.63) is 52.1 Å². The molecule has 0 saturated carbocycles. The van der Waals surface area contributed by atoms with Gasteiger partial charge in [0, 0.05) is 32.2 Å². The maximum absolute atomic E-state index is 13.1. The summed E-state index contributed by atoms with van der Waals surface area (Å²) in [5, 5.41) is 3.77. The first-order chi connectivity index (χ1) is 15.5. The SMILES string of the molecule is CC(C)N1CCn2c(nc3sc(N4CCC[C@@H]4C(=O)NCc4ccccc4)nc3c2=O)C1. The molecule has 0 aliphatic carbocycles. The van der Waals surface area contributed by atoms with Crippen molar-refractivity contribution in [2.45, 2.75) is 58.4 Å². The van der Waals surface area contributed by atoms with Crippen molar-refractivity contribution >= 4 is 32.7 Å². The minimum atomic E-state index is -0.270. The standard InChI is InChI=1S/C23H28N6O2S/c1-15(2)27-11-12-29-18(14-27)25-21-19(22(29)31)26-23(32-21)28-10-6-9-17(28)20(30)24-13-16-7-4-3-5-8-16/h3-5,7-8,15,17H,6,9-14H2,1-2H3,(H,24,30)/t17-/m1/s1. The first-order valence-electron chi connectivity index (χ1n) is 11.2. The van der Waals surface area contributed by atoms with E-state index < -0.39 is 0 Å². The van der Waals surface area contributed by atoms with Gasteiger partial charge in [0.1, 0.15) is 11.9 Å². The van der Waals surface area contributed by atoms with E-state index >= 15 is 0 Å². The highest BCUT2D eigenvalue weighted by Gasteiger charge is 2.33. The molecule has 5 rings (SSSR count). The van der Waals surface area contributed by atoms with Gasteiger partial charge in [-0.2, -0.15) is 0 Å². The molecule has 2 aliphatic rings. The number of aromatic nitrogens is 3. The number of hydrogen-bond acceptors (Lipinski definition) is 7. The van der Waals surface area contributed by atoms with Crippen molar-refractivity contribution in [1.29, 1.82) is 0 Å². The van der Waals surface area contributed by atoms with Crippen LogP contribution >= 0.6 is 11.3 Å². The maximum atomic E-state index is 13.1. The number of anilines is 1. The average Bonchev–Trinajstić information content (AvgIpc) is 3.45. The van der Waals surface area contributed by atoms with Gasteiger partial charge in [-0.25, -0.2) is 9.97 Å². The summed E-state index contributed by atoms with van der Waals surface area (Å²) in [7, 11) is 0. The second-order valence-electron chi connectivity index (χ2n) is 8.75. The van der Waals surface area contributed by atoms with Gasteiger partial charge in [0.05, 0.1) is 6.54 Å². The Bertz CT molecular complexity index is 1190. The minimum absolute atomic E-state index is 0.00200. The highest BCUT2D eigenvalue weighted by Crippen LogP contribution is 2.32. The van der Waals surface area contributed by atoms with Crippen LogP contribution in [-0.4, -0.2) is 50.5 Å². The smallest absolute Gasteiger partial charge is 0.281 e. The van der Waals surface area contributed by atoms with Crippen LogP contribution in [0.2, 0.25) is 0 Å². The summed E-state index contributed by atoms with van der Waals surface area (Å²) in [6.07, 6.45) is 1.70. The molecule has 2 aromatic heterocycles. The van der Waals surface area contributed by atoms with Crippen molar-refractivity contribution in [1.82, 2.24) is 24.8 Å². The topological polar surface area (TPSA) is 83.4 Å². The van der Waals surface area contributed by atoms with Crippen LogP contribution in [0.25, 0.3) is 10.3 Å². The van der Waals surface area contributed by atoms with E-state index in [9.17, 15) is 9.59 Å². The first-order valence-corrected chi connectivity index (χ1v) is 12.1. The highest BCUT2D eigenvalue weighted by atomic mass is 32.1. The lowest BCUT2D eigenvalue weighted by atomic mass is 10.2. The van der Waals surface area contributed by atoms with E-state index in [0.29, 0.717) is 41.2 Å². The van der Waals surface area contributed by atoms with Gasteiger partial charge in [0.15, 0.2) is 15.5 Å². The Morgan fingerprint density at radius 3 is 2.78 bits per heavy atom. The molecule has 1 atom stereocenters. The zero-order valence-electron chi connectivity index (χ0n) is 18.5. The Labute approximate surface area is 190 Å². The molecule has 2 aliphatic heterocycles. The molecule has 1 N–H and O–H groups in total. The predicted molar refractivity (Wildman–Crippen MR) is 126 cm³/mol. The van der Waals surface area contributed by atoms with Crippen molar-refractivity contribution in [2.24, 2.45) is 0 Å². The number of benzene rings is 1. The first kappa shape index (κ1) is 21.1. The van der Waals surface area contributed by atoms with Crippen LogP contribution in [0.15, 0.2) is 35.1 Å². The van der Waals surface area contributed by atoms with Crippen LogP contribution in [0.1, 0.15) is 38.1 Å². The summed E-state index contributed by atoms with van der Waals surface area (Å²) in [6, 6.07) is 10.0. The van der Waals surface area contributed by atoms with Crippen LogP contribution < -0.4 is 15.8 Å². The Morgan fingerprint density at radius 2 is 2.00 bits per heavy atom. The summed E-state index contributed by atoms with van der Waals surface area (Å²) < 4.78 is 1.76. The molecule has 3 aromatic rings. The molecule has 1 aromatic carbocycles. The molecule has 8 nitrogen and oxygen atoms in total. The Morgan fingerprint density at radius 1 is 1.19 bits per heavy atom. The third-order valence-electron chi connectivity index (χ3n) is 6.38. The number of hydrogen-bond donors (Lipinski definition) is 1. The van der Waals surface area contributed by atoms with Crippen molar-refractivity contribution < 1.29 is 4.79 Å². The van der Waals surface area contributed by atoms with E-state index in [4.69, 9.17) is 4.98 Å². The fourth-order valence-corrected chi connectivity index (χ4v) is 5.54. The second-order valence-corrected chi connectivity index (χ2v) is 9.71. The number of nitrogens with one attached hydrogen (secondary N) is 1. The van der Waals surface area contributed by atoms with E-state index in [1.807, 2.05) is 35.2 Å². The van der Waals surface area contributed by atoms with E-state index in [1.54, 1.807) is 4.57 Å². The Kier molecular flexibility index (Phi) is 5.69. The lowest BCUT2D eigenvalue weighted by Gasteiger charge is -2.31. The van der Waals surface area contributed by atoms with Crippen LogP contribution in [0.5, 0.6) is 0 Å². The van der Waals surface area contributed by atoms with Crippen LogP contribution in [0.4, 0.5) is 5.13 Å². The molecule has 0 bridgehead atoms. The molecule has 9 heteroatoms. The van der Waals surface area contributed by atoms with Gasteiger partial charge in [-0.1, -0.05) is 41.7 Å². The zero-order valence-corrected chi connectivity index (χ0v) is 19.3. The third kappa shape index (κ3) is 3.91. The quantitative estimate of drug-likeness (QED) is 0.640. The summed E-state index contributed by atoms with van der Waals surface area (Å²) in [6.45, 7) is 7.73. The summed E-state index contributed by atoms with van der Waals surface area (Å²) in [5.41, 5.74) is 1.42. The van der Waals surface area contributed by atoms with Gasteiger partial charge in [0.25, 0.3) is 5.56 Å². The Balaban J connectivity index is 1.38. The molecule has 1 amide bonds. The summed E-state index contributed by atoms with van der Waals surface area (Å²) >= 11 is 1.42. The monoisotopic (exact) mass is 452 g/mol. The van der Waals surface area contributed by atoms with Gasteiger partial charge in [0.2, 0.25) is 5.91 Å². The number of carbonyl (C=O) groups is 1. The third-order valence-corrected chi connectivity index (χ3v) is 7.37. The van der Waals surface area contributed by atoms with Gasteiger partial charge in [-0.05, 0) is 32.3 Å². The predicted octanol–water partition coefficient (Wildman–Crippen LogP) is 2.36. The molecular weight excluding hydrogens is 424 g/mol. The van der Waals surface area contributed by atoms with E-state index in [2.05, 4.69) is 29.0 Å². The van der Waals surface area contributed by atoms with Crippen molar-refractivity contribution in [3.63, 3.8) is 0 Å². The average molecular weight is 453 g/mol. The minimum Gasteiger partial charge on any atom is -0.350 e.